The Hall–Kier alpha value is -2.55. The highest BCUT2D eigenvalue weighted by atomic mass is 32.2. The summed E-state index contributed by atoms with van der Waals surface area (Å²) in [6, 6.07) is 12.1. The first-order chi connectivity index (χ1) is 15.9. The van der Waals surface area contributed by atoms with Gasteiger partial charge in [-0.05, 0) is 48.1 Å². The summed E-state index contributed by atoms with van der Waals surface area (Å²) in [7, 11) is -3.21. The van der Waals surface area contributed by atoms with E-state index in [-0.39, 0.29) is 41.4 Å². The maximum atomic E-state index is 13.8. The molecule has 0 aromatic heterocycles. The number of alkyl halides is 3. The topological polar surface area (TPSA) is 75.3 Å². The summed E-state index contributed by atoms with van der Waals surface area (Å²) in [6.07, 6.45) is -3.77. The molecule has 0 spiro atoms. The molecule has 9 heteroatoms. The molecule has 1 saturated heterocycles. The van der Waals surface area contributed by atoms with Gasteiger partial charge in [-0.1, -0.05) is 50.2 Å². The van der Waals surface area contributed by atoms with Crippen LogP contribution in [0.3, 0.4) is 0 Å². The molecule has 1 fully saturated rings. The third kappa shape index (κ3) is 5.09. The number of amides is 1. The lowest BCUT2D eigenvalue weighted by Crippen LogP contribution is -2.43. The van der Waals surface area contributed by atoms with E-state index < -0.39 is 33.9 Å². The third-order valence-corrected chi connectivity index (χ3v) is 8.85. The van der Waals surface area contributed by atoms with Gasteiger partial charge in [0, 0.05) is 23.1 Å². The van der Waals surface area contributed by atoms with Crippen LogP contribution in [0.5, 0.6) is 0 Å². The molecule has 2 atom stereocenters. The summed E-state index contributed by atoms with van der Waals surface area (Å²) >= 11 is 0. The van der Waals surface area contributed by atoms with Crippen LogP contribution in [0.1, 0.15) is 49.4 Å². The Labute approximate surface area is 198 Å². The smallest absolute Gasteiger partial charge is 0.381 e. The predicted octanol–water partition coefficient (Wildman–Crippen LogP) is 4.55. The molecule has 4 rings (SSSR count). The number of carbonyl (C=O) groups excluding carboxylic acids is 1. The minimum absolute atomic E-state index is 0.0428. The standard InChI is InChI=1S/C25H29F3N2O3S/c1-24(2)20-6-4-3-5-18(20)15-21(24)29-19-9-7-16(8-10-19)22(25(26,27)28)30-23(31)17-11-13-34(32,33)14-12-17/h3-10,17,21-22,29H,11-15H2,1-2H3,(H,30,31). The van der Waals surface area contributed by atoms with Gasteiger partial charge in [-0.2, -0.15) is 13.2 Å². The summed E-state index contributed by atoms with van der Waals surface area (Å²) in [4.78, 5) is 12.5. The molecular weight excluding hydrogens is 465 g/mol. The molecule has 2 N–H and O–H groups in total. The molecule has 2 unspecified atom stereocenters. The van der Waals surface area contributed by atoms with Crippen molar-refractivity contribution in [2.75, 3.05) is 16.8 Å². The summed E-state index contributed by atoms with van der Waals surface area (Å²) < 4.78 is 64.6. The fourth-order valence-corrected chi connectivity index (χ4v) is 6.45. The Kier molecular flexibility index (Phi) is 6.44. The Morgan fingerprint density at radius 1 is 1.03 bits per heavy atom. The molecule has 2 aliphatic rings. The van der Waals surface area contributed by atoms with E-state index in [1.165, 1.54) is 23.3 Å². The molecule has 1 amide bonds. The monoisotopic (exact) mass is 494 g/mol. The average Bonchev–Trinajstić information content (AvgIpc) is 3.02. The lowest BCUT2D eigenvalue weighted by Gasteiger charge is -2.30. The van der Waals surface area contributed by atoms with E-state index in [4.69, 9.17) is 0 Å². The van der Waals surface area contributed by atoms with E-state index in [0.29, 0.717) is 5.69 Å². The SMILES string of the molecule is CC1(C)c2ccccc2CC1Nc1ccc(C(NC(=O)C2CCS(=O)(=O)CC2)C(F)(F)F)cc1. The number of sulfone groups is 1. The van der Waals surface area contributed by atoms with Gasteiger partial charge >= 0.3 is 6.18 Å². The van der Waals surface area contributed by atoms with Gasteiger partial charge in [-0.15, -0.1) is 0 Å². The summed E-state index contributed by atoms with van der Waals surface area (Å²) in [6.45, 7) is 4.30. The lowest BCUT2D eigenvalue weighted by atomic mass is 9.83. The highest BCUT2D eigenvalue weighted by molar-refractivity contribution is 7.91. The van der Waals surface area contributed by atoms with Crippen molar-refractivity contribution in [2.45, 2.75) is 56.8 Å². The van der Waals surface area contributed by atoms with Crippen molar-refractivity contribution in [2.24, 2.45) is 5.92 Å². The number of rotatable bonds is 5. The van der Waals surface area contributed by atoms with Crippen molar-refractivity contribution in [3.8, 4) is 0 Å². The van der Waals surface area contributed by atoms with Crippen LogP contribution in [-0.4, -0.2) is 38.0 Å². The van der Waals surface area contributed by atoms with Crippen molar-refractivity contribution in [1.82, 2.24) is 5.32 Å². The molecule has 184 valence electrons. The molecule has 34 heavy (non-hydrogen) atoms. The highest BCUT2D eigenvalue weighted by Gasteiger charge is 2.43. The minimum Gasteiger partial charge on any atom is -0.381 e. The summed E-state index contributed by atoms with van der Waals surface area (Å²) in [5.41, 5.74) is 3.03. The van der Waals surface area contributed by atoms with Crippen LogP contribution in [0, 0.1) is 5.92 Å². The first-order valence-corrected chi connectivity index (χ1v) is 13.2. The Bertz CT molecular complexity index is 1150. The highest BCUT2D eigenvalue weighted by Crippen LogP contribution is 2.40. The van der Waals surface area contributed by atoms with Gasteiger partial charge < -0.3 is 10.6 Å². The van der Waals surface area contributed by atoms with Crippen LogP contribution in [0.25, 0.3) is 0 Å². The van der Waals surface area contributed by atoms with E-state index >= 15 is 0 Å². The molecule has 2 aromatic rings. The second kappa shape index (κ2) is 8.91. The van der Waals surface area contributed by atoms with E-state index in [1.54, 1.807) is 12.1 Å². The average molecular weight is 495 g/mol. The summed E-state index contributed by atoms with van der Waals surface area (Å²) in [5, 5.41) is 5.57. The first kappa shape index (κ1) is 24.6. The fourth-order valence-electron chi connectivity index (χ4n) is 4.96. The van der Waals surface area contributed by atoms with Gasteiger partial charge in [0.05, 0.1) is 11.5 Å². The molecule has 1 aliphatic carbocycles. The van der Waals surface area contributed by atoms with Gasteiger partial charge in [0.25, 0.3) is 0 Å². The Morgan fingerprint density at radius 3 is 2.24 bits per heavy atom. The number of anilines is 1. The number of carbonyl (C=O) groups is 1. The zero-order valence-corrected chi connectivity index (χ0v) is 20.0. The van der Waals surface area contributed by atoms with Crippen molar-refractivity contribution in [3.05, 3.63) is 65.2 Å². The van der Waals surface area contributed by atoms with Crippen molar-refractivity contribution >= 4 is 21.4 Å². The third-order valence-electron chi connectivity index (χ3n) is 7.13. The second-order valence-corrected chi connectivity index (χ2v) is 12.1. The predicted molar refractivity (Wildman–Crippen MR) is 125 cm³/mol. The van der Waals surface area contributed by atoms with E-state index in [0.717, 1.165) is 6.42 Å². The number of halogens is 3. The molecule has 0 radical (unpaired) electrons. The zero-order valence-electron chi connectivity index (χ0n) is 19.2. The van der Waals surface area contributed by atoms with Crippen molar-refractivity contribution in [3.63, 3.8) is 0 Å². The van der Waals surface area contributed by atoms with Gasteiger partial charge in [0.15, 0.2) is 6.04 Å². The molecule has 5 nitrogen and oxygen atoms in total. The van der Waals surface area contributed by atoms with Crippen LogP contribution in [0.2, 0.25) is 0 Å². The Balaban J connectivity index is 1.46. The molecule has 1 heterocycles. The Morgan fingerprint density at radius 2 is 1.65 bits per heavy atom. The zero-order chi connectivity index (χ0) is 24.7. The lowest BCUT2D eigenvalue weighted by molar-refractivity contribution is -0.164. The molecule has 0 bridgehead atoms. The van der Waals surface area contributed by atoms with Crippen LogP contribution >= 0.6 is 0 Å². The number of benzene rings is 2. The quantitative estimate of drug-likeness (QED) is 0.640. The second-order valence-electron chi connectivity index (χ2n) is 9.81. The number of hydrogen-bond donors (Lipinski definition) is 2. The van der Waals surface area contributed by atoms with Crippen LogP contribution in [0.15, 0.2) is 48.5 Å². The van der Waals surface area contributed by atoms with E-state index in [2.05, 4.69) is 36.6 Å². The van der Waals surface area contributed by atoms with Gasteiger partial charge in [-0.3, -0.25) is 4.79 Å². The van der Waals surface area contributed by atoms with Crippen LogP contribution < -0.4 is 10.6 Å². The first-order valence-electron chi connectivity index (χ1n) is 11.4. The van der Waals surface area contributed by atoms with Crippen molar-refractivity contribution < 1.29 is 26.4 Å². The molecule has 2 aromatic carbocycles. The maximum Gasteiger partial charge on any atom is 0.412 e. The summed E-state index contributed by atoms with van der Waals surface area (Å²) in [5.74, 6) is -1.85. The largest absolute Gasteiger partial charge is 0.412 e. The van der Waals surface area contributed by atoms with E-state index in [1.807, 2.05) is 12.1 Å². The fraction of sp³-hybridized carbons (Fsp3) is 0.480. The molecule has 0 saturated carbocycles. The van der Waals surface area contributed by atoms with Gasteiger partial charge in [0.2, 0.25) is 5.91 Å². The van der Waals surface area contributed by atoms with E-state index in [9.17, 15) is 26.4 Å². The maximum absolute atomic E-state index is 13.8. The number of hydrogen-bond acceptors (Lipinski definition) is 4. The van der Waals surface area contributed by atoms with Crippen LogP contribution in [-0.2, 0) is 26.5 Å². The molecule has 1 aliphatic heterocycles. The normalized spacial score (nSPS) is 22.6. The van der Waals surface area contributed by atoms with Gasteiger partial charge in [0.1, 0.15) is 9.84 Å². The minimum atomic E-state index is -4.68. The number of nitrogens with one attached hydrogen (secondary N) is 2. The van der Waals surface area contributed by atoms with Crippen LogP contribution in [0.4, 0.5) is 18.9 Å². The van der Waals surface area contributed by atoms with Gasteiger partial charge in [-0.25, -0.2) is 8.42 Å². The number of fused-ring (bicyclic) bond motifs is 1. The van der Waals surface area contributed by atoms with Crippen molar-refractivity contribution in [1.29, 1.82) is 0 Å². The molecular formula is C25H29F3N2O3S.